The minimum atomic E-state index is -0.172. The molecule has 128 valence electrons. The van der Waals surface area contributed by atoms with E-state index in [-0.39, 0.29) is 5.91 Å². The molecule has 0 bridgehead atoms. The second kappa shape index (κ2) is 6.43. The molecule has 0 radical (unpaired) electrons. The van der Waals surface area contributed by atoms with Crippen LogP contribution in [0.25, 0.3) is 0 Å². The number of anilines is 3. The van der Waals surface area contributed by atoms with Crippen molar-refractivity contribution in [1.82, 2.24) is 20.0 Å². The molecule has 3 aromatic rings. The minimum Gasteiger partial charge on any atom is -0.339 e. The first-order chi connectivity index (χ1) is 12.2. The molecule has 25 heavy (non-hydrogen) atoms. The summed E-state index contributed by atoms with van der Waals surface area (Å²) < 4.78 is 1.73. The third-order valence-electron chi connectivity index (χ3n) is 4.21. The fraction of sp³-hybridized carbons (Fsp3) is 0.278. The second-order valence-electron chi connectivity index (χ2n) is 6.46. The molecule has 1 fully saturated rings. The van der Waals surface area contributed by atoms with Gasteiger partial charge in [0.15, 0.2) is 11.6 Å². The van der Waals surface area contributed by atoms with Crippen LogP contribution in [0.4, 0.5) is 17.3 Å². The maximum absolute atomic E-state index is 12.3. The van der Waals surface area contributed by atoms with Crippen LogP contribution in [0.15, 0.2) is 42.6 Å². The zero-order chi connectivity index (χ0) is 17.2. The van der Waals surface area contributed by atoms with Crippen molar-refractivity contribution in [3.63, 3.8) is 0 Å². The monoisotopic (exact) mass is 336 g/mol. The Morgan fingerprint density at radius 1 is 1.24 bits per heavy atom. The predicted molar refractivity (Wildman–Crippen MR) is 95.9 cm³/mol. The Morgan fingerprint density at radius 3 is 2.72 bits per heavy atom. The van der Waals surface area contributed by atoms with Crippen molar-refractivity contribution in [3.8, 4) is 0 Å². The second-order valence-corrected chi connectivity index (χ2v) is 6.46. The molecule has 1 saturated carbocycles. The first kappa shape index (κ1) is 15.4. The molecule has 0 aliphatic heterocycles. The Morgan fingerprint density at radius 2 is 2.04 bits per heavy atom. The third-order valence-corrected chi connectivity index (χ3v) is 4.21. The van der Waals surface area contributed by atoms with Crippen molar-refractivity contribution < 1.29 is 4.79 Å². The van der Waals surface area contributed by atoms with E-state index in [1.807, 2.05) is 37.5 Å². The van der Waals surface area contributed by atoms with Crippen LogP contribution in [0.1, 0.15) is 28.9 Å². The smallest absolute Gasteiger partial charge is 0.256 e. The topological polar surface area (TPSA) is 87.6 Å². The molecule has 1 aliphatic rings. The molecular formula is C18H20N6O. The van der Waals surface area contributed by atoms with Gasteiger partial charge >= 0.3 is 0 Å². The van der Waals surface area contributed by atoms with Gasteiger partial charge in [0.05, 0.1) is 0 Å². The van der Waals surface area contributed by atoms with E-state index in [0.29, 0.717) is 11.4 Å². The van der Waals surface area contributed by atoms with Crippen molar-refractivity contribution in [2.24, 2.45) is 13.0 Å². The van der Waals surface area contributed by atoms with Gasteiger partial charge in [-0.05, 0) is 49.4 Å². The molecule has 2 aromatic heterocycles. The Kier molecular flexibility index (Phi) is 3.97. The normalized spacial score (nSPS) is 13.6. The number of amides is 1. The number of nitrogens with one attached hydrogen (secondary N) is 3. The summed E-state index contributed by atoms with van der Waals surface area (Å²) in [4.78, 5) is 12.3. The highest BCUT2D eigenvalue weighted by Crippen LogP contribution is 2.32. The van der Waals surface area contributed by atoms with E-state index >= 15 is 0 Å². The van der Waals surface area contributed by atoms with E-state index in [2.05, 4.69) is 25.9 Å². The summed E-state index contributed by atoms with van der Waals surface area (Å²) in [5, 5.41) is 17.4. The largest absolute Gasteiger partial charge is 0.339 e. The maximum atomic E-state index is 12.3. The lowest BCUT2D eigenvalue weighted by atomic mass is 10.2. The summed E-state index contributed by atoms with van der Waals surface area (Å²) in [6, 6.07) is 11.1. The summed E-state index contributed by atoms with van der Waals surface area (Å²) in [6.07, 6.45) is 5.46. The van der Waals surface area contributed by atoms with Crippen molar-refractivity contribution in [3.05, 3.63) is 53.9 Å². The first-order valence-corrected chi connectivity index (χ1v) is 8.38. The number of carbonyl (C=O) groups is 1. The van der Waals surface area contributed by atoms with Gasteiger partial charge in [-0.1, -0.05) is 0 Å². The van der Waals surface area contributed by atoms with Gasteiger partial charge in [0.1, 0.15) is 0 Å². The molecule has 0 spiro atoms. The van der Waals surface area contributed by atoms with Crippen LogP contribution >= 0.6 is 0 Å². The molecular weight excluding hydrogens is 316 g/mol. The number of aryl methyl sites for hydroxylation is 1. The molecule has 0 unspecified atom stereocenters. The van der Waals surface area contributed by atoms with Crippen LogP contribution < -0.4 is 10.6 Å². The summed E-state index contributed by atoms with van der Waals surface area (Å²) in [6.45, 7) is 0. The zero-order valence-corrected chi connectivity index (χ0v) is 14.0. The standard InChI is InChI=1S/C18H20N6O/c1-24-9-8-16(23-24)19-14-6-4-13(5-7-14)18(25)20-17-11-15(21-22-17)10-12-2-3-12/h4-9,11-12H,2-3,10H2,1H3,(H,19,23)(H2,20,21,22,25). The molecule has 1 aromatic carbocycles. The molecule has 1 amide bonds. The van der Waals surface area contributed by atoms with Crippen LogP contribution in [-0.2, 0) is 13.5 Å². The molecule has 4 rings (SSSR count). The van der Waals surface area contributed by atoms with Crippen LogP contribution in [0.3, 0.4) is 0 Å². The summed E-state index contributed by atoms with van der Waals surface area (Å²) in [5.74, 6) is 1.94. The number of benzene rings is 1. The Balaban J connectivity index is 1.37. The van der Waals surface area contributed by atoms with Gasteiger partial charge < -0.3 is 10.6 Å². The lowest BCUT2D eigenvalue weighted by molar-refractivity contribution is 0.102. The van der Waals surface area contributed by atoms with E-state index in [4.69, 9.17) is 0 Å². The number of carbonyl (C=O) groups excluding carboxylic acids is 1. The predicted octanol–water partition coefficient (Wildman–Crippen LogP) is 3.09. The average molecular weight is 336 g/mol. The van der Waals surface area contributed by atoms with Crippen LogP contribution in [0.2, 0.25) is 0 Å². The number of aromatic nitrogens is 4. The molecule has 3 N–H and O–H groups in total. The van der Waals surface area contributed by atoms with Crippen LogP contribution in [0.5, 0.6) is 0 Å². The SMILES string of the molecule is Cn1ccc(Nc2ccc(C(=O)Nc3cc(CC4CC4)[nH]n3)cc2)n1. The average Bonchev–Trinajstić information content (AvgIpc) is 3.16. The number of nitrogens with zero attached hydrogens (tertiary/aromatic N) is 3. The molecule has 2 heterocycles. The van der Waals surface area contributed by atoms with Crippen molar-refractivity contribution >= 4 is 23.2 Å². The summed E-state index contributed by atoms with van der Waals surface area (Å²) in [5.41, 5.74) is 2.53. The van der Waals surface area contributed by atoms with Gasteiger partial charge in [0.25, 0.3) is 5.91 Å². The van der Waals surface area contributed by atoms with Gasteiger partial charge in [-0.25, -0.2) is 0 Å². The fourth-order valence-corrected chi connectivity index (χ4v) is 2.69. The summed E-state index contributed by atoms with van der Waals surface area (Å²) in [7, 11) is 1.86. The Labute approximate surface area is 145 Å². The van der Waals surface area contributed by atoms with E-state index in [0.717, 1.165) is 29.5 Å². The highest BCUT2D eigenvalue weighted by Gasteiger charge is 2.22. The van der Waals surface area contributed by atoms with Gasteiger partial charge in [0, 0.05) is 42.3 Å². The number of hydrogen-bond acceptors (Lipinski definition) is 4. The van der Waals surface area contributed by atoms with E-state index in [1.54, 1.807) is 16.8 Å². The van der Waals surface area contributed by atoms with E-state index in [9.17, 15) is 4.79 Å². The minimum absolute atomic E-state index is 0.172. The lowest BCUT2D eigenvalue weighted by Gasteiger charge is -2.05. The molecule has 7 nitrogen and oxygen atoms in total. The van der Waals surface area contributed by atoms with Crippen molar-refractivity contribution in [1.29, 1.82) is 0 Å². The highest BCUT2D eigenvalue weighted by atomic mass is 16.1. The molecule has 1 aliphatic carbocycles. The fourth-order valence-electron chi connectivity index (χ4n) is 2.69. The number of rotatable bonds is 6. The Bertz CT molecular complexity index is 875. The highest BCUT2D eigenvalue weighted by molar-refractivity contribution is 6.03. The molecule has 0 saturated heterocycles. The van der Waals surface area contributed by atoms with Gasteiger partial charge in [0.2, 0.25) is 0 Å². The van der Waals surface area contributed by atoms with Crippen LogP contribution in [0, 0.1) is 5.92 Å². The van der Waals surface area contributed by atoms with Crippen molar-refractivity contribution in [2.75, 3.05) is 10.6 Å². The maximum Gasteiger partial charge on any atom is 0.256 e. The molecule has 0 atom stereocenters. The number of aromatic amines is 1. The Hall–Kier alpha value is -3.09. The third kappa shape index (κ3) is 3.88. The van der Waals surface area contributed by atoms with E-state index in [1.165, 1.54) is 12.8 Å². The summed E-state index contributed by atoms with van der Waals surface area (Å²) >= 11 is 0. The lowest BCUT2D eigenvalue weighted by Crippen LogP contribution is -2.12. The van der Waals surface area contributed by atoms with Gasteiger partial charge in [-0.2, -0.15) is 10.2 Å². The first-order valence-electron chi connectivity index (χ1n) is 8.38. The quantitative estimate of drug-likeness (QED) is 0.645. The zero-order valence-electron chi connectivity index (χ0n) is 14.0. The van der Waals surface area contributed by atoms with Gasteiger partial charge in [-0.15, -0.1) is 0 Å². The van der Waals surface area contributed by atoms with Gasteiger partial charge in [-0.3, -0.25) is 14.6 Å². The van der Waals surface area contributed by atoms with Crippen LogP contribution in [-0.4, -0.2) is 25.9 Å². The van der Waals surface area contributed by atoms with E-state index < -0.39 is 0 Å². The number of hydrogen-bond donors (Lipinski definition) is 3. The molecule has 7 heteroatoms. The van der Waals surface area contributed by atoms with Crippen molar-refractivity contribution in [2.45, 2.75) is 19.3 Å². The number of H-pyrrole nitrogens is 1.